The van der Waals surface area contributed by atoms with Gasteiger partial charge in [0.15, 0.2) is 0 Å². The van der Waals surface area contributed by atoms with E-state index in [1.54, 1.807) is 7.05 Å². The number of unbranched alkanes of at least 4 members (excludes halogenated alkanes) is 1. The predicted molar refractivity (Wildman–Crippen MR) is 75.4 cm³/mol. The number of carbonyl (C=O) groups excluding carboxylic acids is 2. The Hall–Kier alpha value is -1.06. The van der Waals surface area contributed by atoms with Gasteiger partial charge in [0.25, 0.3) is 0 Å². The molecule has 0 aliphatic rings. The number of hydrogen-bond donors (Lipinski definition) is 6. The molecule has 4 unspecified atom stereocenters. The summed E-state index contributed by atoms with van der Waals surface area (Å²) in [6, 6.07) is 0. The normalized spacial score (nSPS) is 16.8. The molecular formula is C13H26N2O6. The molecule has 0 aromatic rings. The zero-order valence-corrected chi connectivity index (χ0v) is 12.2. The number of hydrogen-bond acceptors (Lipinski definition) is 7. The summed E-state index contributed by atoms with van der Waals surface area (Å²) in [5.74, 6) is -1.15. The van der Waals surface area contributed by atoms with Gasteiger partial charge in [0.05, 0.1) is 24.7 Å². The van der Waals surface area contributed by atoms with E-state index in [2.05, 4.69) is 10.6 Å². The highest BCUT2D eigenvalue weighted by molar-refractivity contribution is 5.75. The van der Waals surface area contributed by atoms with Crippen molar-refractivity contribution in [3.05, 3.63) is 0 Å². The van der Waals surface area contributed by atoms with Gasteiger partial charge in [0.2, 0.25) is 5.91 Å². The van der Waals surface area contributed by atoms with Crippen LogP contribution in [0.15, 0.2) is 0 Å². The van der Waals surface area contributed by atoms with Crippen molar-refractivity contribution >= 4 is 12.2 Å². The molecule has 0 radical (unpaired) electrons. The molecule has 0 aliphatic heterocycles. The van der Waals surface area contributed by atoms with E-state index in [4.69, 9.17) is 5.11 Å². The standard InChI is InChI=1S/C13H26N2O6/c1-14-11(19)4-2-3-5-15-6-10(18)13(21)12(20)9(7-16)8-17/h7,9-10,12-13,15,17-18,20-21H,2-6,8H2,1H3,(H,14,19). The largest absolute Gasteiger partial charge is 0.396 e. The number of amides is 1. The summed E-state index contributed by atoms with van der Waals surface area (Å²) < 4.78 is 0. The maximum atomic E-state index is 11.0. The van der Waals surface area contributed by atoms with Crippen molar-refractivity contribution in [1.82, 2.24) is 10.6 Å². The van der Waals surface area contributed by atoms with Gasteiger partial charge in [-0.15, -0.1) is 0 Å². The number of carbonyl (C=O) groups is 2. The molecular weight excluding hydrogens is 280 g/mol. The van der Waals surface area contributed by atoms with Gasteiger partial charge in [-0.05, 0) is 19.4 Å². The van der Waals surface area contributed by atoms with Crippen molar-refractivity contribution in [3.8, 4) is 0 Å². The number of nitrogens with one attached hydrogen (secondary N) is 2. The summed E-state index contributed by atoms with van der Waals surface area (Å²) in [5, 5.41) is 43.2. The Morgan fingerprint density at radius 2 is 1.86 bits per heavy atom. The first kappa shape index (κ1) is 19.9. The van der Waals surface area contributed by atoms with Crippen molar-refractivity contribution in [1.29, 1.82) is 0 Å². The Morgan fingerprint density at radius 3 is 2.38 bits per heavy atom. The van der Waals surface area contributed by atoms with Crippen molar-refractivity contribution in [2.75, 3.05) is 26.7 Å². The van der Waals surface area contributed by atoms with E-state index in [1.165, 1.54) is 0 Å². The minimum atomic E-state index is -1.52. The van der Waals surface area contributed by atoms with Crippen LogP contribution in [0, 0.1) is 5.92 Å². The smallest absolute Gasteiger partial charge is 0.219 e. The molecule has 0 saturated heterocycles. The lowest BCUT2D eigenvalue weighted by molar-refractivity contribution is -0.125. The fourth-order valence-electron chi connectivity index (χ4n) is 1.74. The Kier molecular flexibility index (Phi) is 11.0. The van der Waals surface area contributed by atoms with Crippen LogP contribution in [0.5, 0.6) is 0 Å². The minimum Gasteiger partial charge on any atom is -0.396 e. The zero-order valence-electron chi connectivity index (χ0n) is 12.2. The highest BCUT2D eigenvalue weighted by Gasteiger charge is 2.30. The number of aldehydes is 1. The molecule has 0 spiro atoms. The fraction of sp³-hybridized carbons (Fsp3) is 0.846. The molecule has 0 saturated carbocycles. The van der Waals surface area contributed by atoms with Gasteiger partial charge in [-0.1, -0.05) is 0 Å². The first-order valence-corrected chi connectivity index (χ1v) is 6.99. The van der Waals surface area contributed by atoms with Gasteiger partial charge in [0, 0.05) is 20.0 Å². The summed E-state index contributed by atoms with van der Waals surface area (Å²) in [6.07, 6.45) is -2.10. The quantitative estimate of drug-likeness (QED) is 0.171. The van der Waals surface area contributed by atoms with Crippen LogP contribution in [0.1, 0.15) is 19.3 Å². The Labute approximate surface area is 124 Å². The molecule has 0 aromatic heterocycles. The summed E-state index contributed by atoms with van der Waals surface area (Å²) in [6.45, 7) is -0.00937. The van der Waals surface area contributed by atoms with Crippen LogP contribution < -0.4 is 10.6 Å². The second-order valence-electron chi connectivity index (χ2n) is 4.87. The molecule has 8 heteroatoms. The molecule has 21 heavy (non-hydrogen) atoms. The molecule has 8 nitrogen and oxygen atoms in total. The van der Waals surface area contributed by atoms with Crippen LogP contribution >= 0.6 is 0 Å². The topological polar surface area (TPSA) is 139 Å². The second-order valence-corrected chi connectivity index (χ2v) is 4.87. The van der Waals surface area contributed by atoms with Gasteiger partial charge in [-0.2, -0.15) is 0 Å². The molecule has 4 atom stereocenters. The van der Waals surface area contributed by atoms with Crippen LogP contribution in [0.2, 0.25) is 0 Å². The third kappa shape index (κ3) is 8.08. The lowest BCUT2D eigenvalue weighted by Crippen LogP contribution is -2.47. The van der Waals surface area contributed by atoms with E-state index in [9.17, 15) is 24.9 Å². The molecule has 0 aromatic carbocycles. The molecule has 0 heterocycles. The third-order valence-electron chi connectivity index (χ3n) is 3.21. The Balaban J connectivity index is 3.85. The van der Waals surface area contributed by atoms with Crippen molar-refractivity contribution in [2.24, 2.45) is 5.92 Å². The highest BCUT2D eigenvalue weighted by Crippen LogP contribution is 2.08. The van der Waals surface area contributed by atoms with E-state index >= 15 is 0 Å². The number of rotatable bonds is 12. The van der Waals surface area contributed by atoms with Gasteiger partial charge in [-0.3, -0.25) is 4.79 Å². The monoisotopic (exact) mass is 306 g/mol. The third-order valence-corrected chi connectivity index (χ3v) is 3.21. The van der Waals surface area contributed by atoms with Crippen LogP contribution in [-0.4, -0.2) is 77.7 Å². The molecule has 1 amide bonds. The van der Waals surface area contributed by atoms with Crippen LogP contribution in [0.3, 0.4) is 0 Å². The number of aliphatic hydroxyl groups is 4. The summed E-state index contributed by atoms with van der Waals surface area (Å²) in [4.78, 5) is 21.5. The van der Waals surface area contributed by atoms with Crippen LogP contribution in [0.25, 0.3) is 0 Å². The summed E-state index contributed by atoms with van der Waals surface area (Å²) >= 11 is 0. The highest BCUT2D eigenvalue weighted by atomic mass is 16.4. The summed E-state index contributed by atoms with van der Waals surface area (Å²) in [5.41, 5.74) is 0. The van der Waals surface area contributed by atoms with Gasteiger partial charge < -0.3 is 35.9 Å². The first-order valence-electron chi connectivity index (χ1n) is 6.99. The van der Waals surface area contributed by atoms with Crippen molar-refractivity contribution in [3.63, 3.8) is 0 Å². The van der Waals surface area contributed by atoms with E-state index in [0.29, 0.717) is 25.7 Å². The SMILES string of the molecule is CNC(=O)CCCCNCC(O)C(O)C(O)C(C=O)CO. The lowest BCUT2D eigenvalue weighted by atomic mass is 9.96. The maximum Gasteiger partial charge on any atom is 0.219 e. The average molecular weight is 306 g/mol. The van der Waals surface area contributed by atoms with E-state index in [1.807, 2.05) is 0 Å². The Bertz CT molecular complexity index is 302. The van der Waals surface area contributed by atoms with Crippen LogP contribution in [-0.2, 0) is 9.59 Å². The van der Waals surface area contributed by atoms with Crippen molar-refractivity contribution < 1.29 is 30.0 Å². The van der Waals surface area contributed by atoms with Crippen molar-refractivity contribution in [2.45, 2.75) is 37.6 Å². The molecule has 6 N–H and O–H groups in total. The van der Waals surface area contributed by atoms with Gasteiger partial charge >= 0.3 is 0 Å². The summed E-state index contributed by atoms with van der Waals surface area (Å²) in [7, 11) is 1.57. The zero-order chi connectivity index (χ0) is 16.3. The molecule has 0 fully saturated rings. The van der Waals surface area contributed by atoms with E-state index in [-0.39, 0.29) is 12.5 Å². The van der Waals surface area contributed by atoms with Gasteiger partial charge in [0.1, 0.15) is 12.4 Å². The predicted octanol–water partition coefficient (Wildman–Crippen LogP) is -2.62. The van der Waals surface area contributed by atoms with E-state index in [0.717, 1.165) is 6.42 Å². The Morgan fingerprint density at radius 1 is 1.19 bits per heavy atom. The molecule has 124 valence electrons. The van der Waals surface area contributed by atoms with E-state index < -0.39 is 30.8 Å². The average Bonchev–Trinajstić information content (AvgIpc) is 2.50. The number of aliphatic hydroxyl groups excluding tert-OH is 4. The fourth-order valence-corrected chi connectivity index (χ4v) is 1.74. The first-order chi connectivity index (χ1) is 9.97. The second kappa shape index (κ2) is 11.6. The van der Waals surface area contributed by atoms with Crippen LogP contribution in [0.4, 0.5) is 0 Å². The maximum absolute atomic E-state index is 11.0. The molecule has 0 rings (SSSR count). The molecule has 0 aliphatic carbocycles. The van der Waals surface area contributed by atoms with Gasteiger partial charge in [-0.25, -0.2) is 0 Å². The minimum absolute atomic E-state index is 0.0301. The molecule has 0 bridgehead atoms. The lowest BCUT2D eigenvalue weighted by Gasteiger charge is -2.25.